The monoisotopic (exact) mass is 282 g/mol. The van der Waals surface area contributed by atoms with Crippen LogP contribution in [0.1, 0.15) is 34.6 Å². The van der Waals surface area contributed by atoms with E-state index in [2.05, 4.69) is 57.4 Å². The first-order chi connectivity index (χ1) is 9.35. The number of rotatable bonds is 5. The van der Waals surface area contributed by atoms with E-state index in [0.29, 0.717) is 12.0 Å². The summed E-state index contributed by atoms with van der Waals surface area (Å²) >= 11 is 0. The third-order valence-electron chi connectivity index (χ3n) is 2.73. The van der Waals surface area contributed by atoms with E-state index in [1.165, 1.54) is 0 Å². The van der Waals surface area contributed by atoms with Crippen LogP contribution in [-0.2, 0) is 4.74 Å². The standard InChI is InChI=1S/C13H24N2O.C4H10/c1-5-6-15-7-8-16-13(11-15)10-14(4)9-12(2)3;1-4(2)3/h1,12-13H,6-11H2,2-4H3;4H,1-3H3/t13-;/m0./s1. The number of hydrogen-bond donors (Lipinski definition) is 0. The SMILES string of the molecule is C#CCN1CCO[C@@H](CN(C)CC(C)C)C1.CC(C)C. The molecule has 118 valence electrons. The van der Waals surface area contributed by atoms with E-state index in [0.717, 1.165) is 45.2 Å². The van der Waals surface area contributed by atoms with Crippen LogP contribution in [0.4, 0.5) is 0 Å². The summed E-state index contributed by atoms with van der Waals surface area (Å²) in [5.74, 6) is 4.24. The Bertz CT molecular complexity index is 268. The topological polar surface area (TPSA) is 15.7 Å². The van der Waals surface area contributed by atoms with Gasteiger partial charge >= 0.3 is 0 Å². The minimum Gasteiger partial charge on any atom is -0.374 e. The van der Waals surface area contributed by atoms with E-state index in [9.17, 15) is 0 Å². The molecule has 3 heteroatoms. The molecule has 3 nitrogen and oxygen atoms in total. The normalized spacial score (nSPS) is 19.9. The Kier molecular flexibility index (Phi) is 10.8. The first kappa shape index (κ1) is 19.4. The summed E-state index contributed by atoms with van der Waals surface area (Å²) in [7, 11) is 2.16. The summed E-state index contributed by atoms with van der Waals surface area (Å²) in [4.78, 5) is 4.63. The average molecular weight is 282 g/mol. The van der Waals surface area contributed by atoms with Crippen LogP contribution in [0.25, 0.3) is 0 Å². The van der Waals surface area contributed by atoms with Crippen molar-refractivity contribution in [2.45, 2.75) is 40.7 Å². The summed E-state index contributed by atoms with van der Waals surface area (Å²) in [6.07, 6.45) is 5.64. The maximum atomic E-state index is 5.75. The molecule has 1 aliphatic rings. The van der Waals surface area contributed by atoms with E-state index >= 15 is 0 Å². The molecule has 1 saturated heterocycles. The van der Waals surface area contributed by atoms with Gasteiger partial charge in [0.15, 0.2) is 0 Å². The largest absolute Gasteiger partial charge is 0.374 e. The minimum absolute atomic E-state index is 0.311. The molecule has 0 unspecified atom stereocenters. The van der Waals surface area contributed by atoms with Gasteiger partial charge in [-0.05, 0) is 18.9 Å². The van der Waals surface area contributed by atoms with E-state index < -0.39 is 0 Å². The van der Waals surface area contributed by atoms with Gasteiger partial charge in [-0.15, -0.1) is 6.42 Å². The molecular formula is C17H34N2O. The molecule has 1 rings (SSSR count). The van der Waals surface area contributed by atoms with Crippen LogP contribution in [0.5, 0.6) is 0 Å². The molecule has 0 aromatic carbocycles. The first-order valence-electron chi connectivity index (χ1n) is 7.81. The Morgan fingerprint density at radius 1 is 1.30 bits per heavy atom. The van der Waals surface area contributed by atoms with Gasteiger partial charge in [0.25, 0.3) is 0 Å². The quantitative estimate of drug-likeness (QED) is 0.721. The van der Waals surface area contributed by atoms with Crippen molar-refractivity contribution in [1.82, 2.24) is 9.80 Å². The molecule has 1 atom stereocenters. The average Bonchev–Trinajstić information content (AvgIpc) is 2.27. The lowest BCUT2D eigenvalue weighted by molar-refractivity contribution is -0.0373. The molecule has 0 bridgehead atoms. The Morgan fingerprint density at radius 2 is 1.90 bits per heavy atom. The van der Waals surface area contributed by atoms with Gasteiger partial charge in [0.2, 0.25) is 0 Å². The Balaban J connectivity index is 0.000000796. The summed E-state index contributed by atoms with van der Waals surface area (Å²) in [6.45, 7) is 16.6. The van der Waals surface area contributed by atoms with Crippen molar-refractivity contribution in [2.75, 3.05) is 46.4 Å². The minimum atomic E-state index is 0.311. The van der Waals surface area contributed by atoms with Gasteiger partial charge in [0.1, 0.15) is 0 Å². The van der Waals surface area contributed by atoms with E-state index in [-0.39, 0.29) is 0 Å². The predicted octanol–water partition coefficient (Wildman–Crippen LogP) is 2.57. The number of nitrogens with zero attached hydrogens (tertiary/aromatic N) is 2. The lowest BCUT2D eigenvalue weighted by Gasteiger charge is -2.34. The molecule has 1 aliphatic heterocycles. The third-order valence-corrected chi connectivity index (χ3v) is 2.73. The molecule has 0 aromatic rings. The second kappa shape index (κ2) is 11.1. The zero-order valence-corrected chi connectivity index (χ0v) is 14.4. The highest BCUT2D eigenvalue weighted by Gasteiger charge is 2.21. The van der Waals surface area contributed by atoms with Crippen LogP contribution < -0.4 is 0 Å². The zero-order valence-electron chi connectivity index (χ0n) is 14.4. The summed E-state index contributed by atoms with van der Waals surface area (Å²) < 4.78 is 5.75. The molecule has 0 spiro atoms. The van der Waals surface area contributed by atoms with Crippen LogP contribution in [0.15, 0.2) is 0 Å². The van der Waals surface area contributed by atoms with Gasteiger partial charge < -0.3 is 9.64 Å². The van der Waals surface area contributed by atoms with Crippen molar-refractivity contribution in [3.63, 3.8) is 0 Å². The molecule has 0 radical (unpaired) electrons. The van der Waals surface area contributed by atoms with E-state index in [4.69, 9.17) is 11.2 Å². The van der Waals surface area contributed by atoms with E-state index in [1.807, 2.05) is 0 Å². The molecule has 20 heavy (non-hydrogen) atoms. The molecule has 1 heterocycles. The van der Waals surface area contributed by atoms with Gasteiger partial charge in [0, 0.05) is 26.2 Å². The summed E-state index contributed by atoms with van der Waals surface area (Å²) in [6, 6.07) is 0. The fourth-order valence-electron chi connectivity index (χ4n) is 2.21. The summed E-state index contributed by atoms with van der Waals surface area (Å²) in [5.41, 5.74) is 0. The number of ether oxygens (including phenoxy) is 1. The number of likely N-dealkylation sites (N-methyl/N-ethyl adjacent to an activating group) is 1. The van der Waals surface area contributed by atoms with E-state index in [1.54, 1.807) is 0 Å². The highest BCUT2D eigenvalue weighted by atomic mass is 16.5. The highest BCUT2D eigenvalue weighted by molar-refractivity contribution is 4.90. The van der Waals surface area contributed by atoms with Crippen molar-refractivity contribution >= 4 is 0 Å². The molecular weight excluding hydrogens is 248 g/mol. The number of morpholine rings is 1. The van der Waals surface area contributed by atoms with Crippen LogP contribution in [0, 0.1) is 24.2 Å². The predicted molar refractivity (Wildman–Crippen MR) is 87.9 cm³/mol. The van der Waals surface area contributed by atoms with Crippen LogP contribution >= 0.6 is 0 Å². The Labute approximate surface area is 126 Å². The van der Waals surface area contributed by atoms with Gasteiger partial charge in [0.05, 0.1) is 19.3 Å². The molecule has 0 saturated carbocycles. The smallest absolute Gasteiger partial charge is 0.0829 e. The lowest BCUT2D eigenvalue weighted by Crippen LogP contribution is -2.47. The van der Waals surface area contributed by atoms with Crippen LogP contribution in [0.2, 0.25) is 0 Å². The Hall–Kier alpha value is -0.560. The van der Waals surface area contributed by atoms with Crippen LogP contribution in [0.3, 0.4) is 0 Å². The second-order valence-electron chi connectivity index (χ2n) is 6.78. The molecule has 0 aliphatic carbocycles. The number of hydrogen-bond acceptors (Lipinski definition) is 3. The van der Waals surface area contributed by atoms with Crippen molar-refractivity contribution in [1.29, 1.82) is 0 Å². The fourth-order valence-corrected chi connectivity index (χ4v) is 2.21. The van der Waals surface area contributed by atoms with Crippen molar-refractivity contribution < 1.29 is 4.74 Å². The van der Waals surface area contributed by atoms with Crippen LogP contribution in [-0.4, -0.2) is 62.3 Å². The van der Waals surface area contributed by atoms with Crippen molar-refractivity contribution in [2.24, 2.45) is 11.8 Å². The molecule has 0 amide bonds. The molecule has 0 N–H and O–H groups in total. The second-order valence-corrected chi connectivity index (χ2v) is 6.78. The van der Waals surface area contributed by atoms with Gasteiger partial charge in [-0.2, -0.15) is 0 Å². The van der Waals surface area contributed by atoms with Gasteiger partial charge in [-0.25, -0.2) is 0 Å². The maximum Gasteiger partial charge on any atom is 0.0829 e. The van der Waals surface area contributed by atoms with Crippen molar-refractivity contribution in [3.8, 4) is 12.3 Å². The summed E-state index contributed by atoms with van der Waals surface area (Å²) in [5, 5.41) is 0. The maximum absolute atomic E-state index is 5.75. The Morgan fingerprint density at radius 3 is 2.40 bits per heavy atom. The highest BCUT2D eigenvalue weighted by Crippen LogP contribution is 2.07. The van der Waals surface area contributed by atoms with Crippen molar-refractivity contribution in [3.05, 3.63) is 0 Å². The molecule has 0 aromatic heterocycles. The first-order valence-corrected chi connectivity index (χ1v) is 7.81. The zero-order chi connectivity index (χ0) is 15.5. The third kappa shape index (κ3) is 11.3. The van der Waals surface area contributed by atoms with Gasteiger partial charge in [-0.3, -0.25) is 4.90 Å². The number of terminal acetylenes is 1. The fraction of sp³-hybridized carbons (Fsp3) is 0.882. The molecule has 1 fully saturated rings. The van der Waals surface area contributed by atoms with Gasteiger partial charge in [-0.1, -0.05) is 40.5 Å². The lowest BCUT2D eigenvalue weighted by atomic mass is 10.2.